The number of carbonyl (C=O) groups is 1. The minimum Gasteiger partial charge on any atom is -0.472 e. The standard InChI is InChI=1S/C18H19ClF3N3O4/c1-2-27-17(26)15-16(24-25-23-15)28-12-6-3-10(4-7-12)11-5-8-14(13(19)9-11)29-18(20,21)22/h5,8-10,12H,2-4,6-7H2,1H3,(H,23,24,25)/t10-,12+. The molecular weight excluding hydrogens is 415 g/mol. The molecule has 11 heteroatoms. The van der Waals surface area contributed by atoms with Crippen LogP contribution in [0.2, 0.25) is 5.02 Å². The predicted octanol–water partition coefficient (Wildman–Crippen LogP) is 4.64. The molecule has 1 aliphatic rings. The Balaban J connectivity index is 1.58. The second-order valence-electron chi connectivity index (χ2n) is 6.54. The molecule has 1 N–H and O–H groups in total. The molecule has 0 radical (unpaired) electrons. The Kier molecular flexibility index (Phi) is 6.51. The van der Waals surface area contributed by atoms with Gasteiger partial charge in [0.15, 0.2) is 0 Å². The normalized spacial score (nSPS) is 19.6. The van der Waals surface area contributed by atoms with E-state index in [0.29, 0.717) is 12.8 Å². The van der Waals surface area contributed by atoms with Crippen LogP contribution in [-0.4, -0.2) is 40.5 Å². The van der Waals surface area contributed by atoms with Crippen molar-refractivity contribution in [2.45, 2.75) is 51.0 Å². The number of nitrogens with one attached hydrogen (secondary N) is 1. The fourth-order valence-corrected chi connectivity index (χ4v) is 3.51. The van der Waals surface area contributed by atoms with Gasteiger partial charge in [0.25, 0.3) is 5.88 Å². The number of aromatic nitrogens is 3. The summed E-state index contributed by atoms with van der Waals surface area (Å²) >= 11 is 5.94. The van der Waals surface area contributed by atoms with Crippen LogP contribution >= 0.6 is 11.6 Å². The number of esters is 1. The summed E-state index contributed by atoms with van der Waals surface area (Å²) in [4.78, 5) is 11.8. The van der Waals surface area contributed by atoms with Gasteiger partial charge in [-0.25, -0.2) is 9.89 Å². The number of hydrogen-bond acceptors (Lipinski definition) is 6. The molecule has 3 rings (SSSR count). The number of halogens is 4. The number of H-pyrrole nitrogens is 1. The molecule has 0 aliphatic heterocycles. The number of benzene rings is 1. The van der Waals surface area contributed by atoms with E-state index in [2.05, 4.69) is 20.1 Å². The van der Waals surface area contributed by atoms with E-state index >= 15 is 0 Å². The monoisotopic (exact) mass is 433 g/mol. The van der Waals surface area contributed by atoms with Crippen LogP contribution in [0.3, 0.4) is 0 Å². The van der Waals surface area contributed by atoms with E-state index in [1.165, 1.54) is 12.1 Å². The van der Waals surface area contributed by atoms with Crippen molar-refractivity contribution in [1.29, 1.82) is 0 Å². The second kappa shape index (κ2) is 8.89. The number of ether oxygens (including phenoxy) is 3. The highest BCUT2D eigenvalue weighted by atomic mass is 35.5. The first-order valence-corrected chi connectivity index (χ1v) is 9.44. The second-order valence-corrected chi connectivity index (χ2v) is 6.95. The molecule has 0 amide bonds. The van der Waals surface area contributed by atoms with Crippen molar-refractivity contribution in [2.24, 2.45) is 0 Å². The molecule has 0 atom stereocenters. The highest BCUT2D eigenvalue weighted by Gasteiger charge is 2.32. The minimum atomic E-state index is -4.79. The molecule has 1 aliphatic carbocycles. The molecule has 0 bridgehead atoms. The molecule has 1 aromatic carbocycles. The third kappa shape index (κ3) is 5.53. The van der Waals surface area contributed by atoms with Crippen molar-refractivity contribution in [3.05, 3.63) is 34.5 Å². The lowest BCUT2D eigenvalue weighted by atomic mass is 9.83. The summed E-state index contributed by atoms with van der Waals surface area (Å²) in [7, 11) is 0. The van der Waals surface area contributed by atoms with Gasteiger partial charge in [-0.2, -0.15) is 0 Å². The number of aromatic amines is 1. The average Bonchev–Trinajstić information content (AvgIpc) is 3.11. The summed E-state index contributed by atoms with van der Waals surface area (Å²) in [6.45, 7) is 1.91. The van der Waals surface area contributed by atoms with Crippen molar-refractivity contribution in [3.63, 3.8) is 0 Å². The summed E-state index contributed by atoms with van der Waals surface area (Å²) in [5, 5.41) is 9.77. The molecule has 1 heterocycles. The molecule has 1 saturated carbocycles. The number of rotatable bonds is 6. The van der Waals surface area contributed by atoms with E-state index in [1.54, 1.807) is 13.0 Å². The Morgan fingerprint density at radius 1 is 1.28 bits per heavy atom. The Morgan fingerprint density at radius 3 is 2.62 bits per heavy atom. The van der Waals surface area contributed by atoms with Gasteiger partial charge in [-0.3, -0.25) is 0 Å². The first-order valence-electron chi connectivity index (χ1n) is 9.06. The third-order valence-corrected chi connectivity index (χ3v) is 4.90. The lowest BCUT2D eigenvalue weighted by Crippen LogP contribution is -2.24. The van der Waals surface area contributed by atoms with E-state index in [9.17, 15) is 18.0 Å². The van der Waals surface area contributed by atoms with Gasteiger partial charge in [-0.1, -0.05) is 28.0 Å². The minimum absolute atomic E-state index is 0.0704. The Morgan fingerprint density at radius 2 is 2.00 bits per heavy atom. The van der Waals surface area contributed by atoms with Crippen molar-refractivity contribution in [3.8, 4) is 11.6 Å². The van der Waals surface area contributed by atoms with Crippen molar-refractivity contribution < 1.29 is 32.2 Å². The largest absolute Gasteiger partial charge is 0.573 e. The first-order chi connectivity index (χ1) is 13.8. The molecule has 1 fully saturated rings. The van der Waals surface area contributed by atoms with Gasteiger partial charge >= 0.3 is 12.3 Å². The zero-order valence-corrected chi connectivity index (χ0v) is 16.2. The maximum atomic E-state index is 12.4. The quantitative estimate of drug-likeness (QED) is 0.668. The average molecular weight is 434 g/mol. The molecular formula is C18H19ClF3N3O4. The smallest absolute Gasteiger partial charge is 0.472 e. The van der Waals surface area contributed by atoms with E-state index in [0.717, 1.165) is 18.4 Å². The summed E-state index contributed by atoms with van der Waals surface area (Å²) in [6.07, 6.45) is -2.10. The lowest BCUT2D eigenvalue weighted by Gasteiger charge is -2.29. The summed E-state index contributed by atoms with van der Waals surface area (Å²) < 4.78 is 51.7. The van der Waals surface area contributed by atoms with Gasteiger partial charge in [-0.15, -0.1) is 13.2 Å². The van der Waals surface area contributed by atoms with Crippen LogP contribution in [0.15, 0.2) is 18.2 Å². The Bertz CT molecular complexity index is 851. The van der Waals surface area contributed by atoms with Crippen LogP contribution in [0.25, 0.3) is 0 Å². The summed E-state index contributed by atoms with van der Waals surface area (Å²) in [5.41, 5.74) is 0.914. The van der Waals surface area contributed by atoms with E-state index in [4.69, 9.17) is 21.1 Å². The van der Waals surface area contributed by atoms with Crippen molar-refractivity contribution in [2.75, 3.05) is 6.61 Å². The van der Waals surface area contributed by atoms with Crippen LogP contribution in [0.1, 0.15) is 54.6 Å². The molecule has 0 saturated heterocycles. The number of carbonyl (C=O) groups excluding carboxylic acids is 1. The van der Waals surface area contributed by atoms with E-state index in [1.807, 2.05) is 0 Å². The van der Waals surface area contributed by atoms with Crippen LogP contribution in [-0.2, 0) is 4.74 Å². The van der Waals surface area contributed by atoms with Gasteiger partial charge in [-0.05, 0) is 56.2 Å². The number of hydrogen-bond donors (Lipinski definition) is 1. The van der Waals surface area contributed by atoms with Crippen LogP contribution < -0.4 is 9.47 Å². The van der Waals surface area contributed by atoms with Gasteiger partial charge in [0, 0.05) is 0 Å². The fraction of sp³-hybridized carbons (Fsp3) is 0.500. The molecule has 7 nitrogen and oxygen atoms in total. The molecule has 0 unspecified atom stereocenters. The maximum Gasteiger partial charge on any atom is 0.573 e. The lowest BCUT2D eigenvalue weighted by molar-refractivity contribution is -0.274. The molecule has 0 spiro atoms. The van der Waals surface area contributed by atoms with Crippen LogP contribution in [0.5, 0.6) is 11.6 Å². The van der Waals surface area contributed by atoms with Gasteiger partial charge in [0.05, 0.1) is 11.6 Å². The molecule has 29 heavy (non-hydrogen) atoms. The van der Waals surface area contributed by atoms with E-state index < -0.39 is 18.1 Å². The number of nitrogens with zero attached hydrogens (tertiary/aromatic N) is 2. The third-order valence-electron chi connectivity index (χ3n) is 4.60. The highest BCUT2D eigenvalue weighted by molar-refractivity contribution is 6.32. The van der Waals surface area contributed by atoms with E-state index in [-0.39, 0.29) is 35.2 Å². The molecule has 1 aromatic heterocycles. The molecule has 2 aromatic rings. The van der Waals surface area contributed by atoms with Gasteiger partial charge in [0.1, 0.15) is 11.9 Å². The van der Waals surface area contributed by atoms with Crippen molar-refractivity contribution in [1.82, 2.24) is 15.4 Å². The predicted molar refractivity (Wildman–Crippen MR) is 96.1 cm³/mol. The Hall–Kier alpha value is -2.49. The van der Waals surface area contributed by atoms with Gasteiger partial charge in [0.2, 0.25) is 5.69 Å². The maximum absolute atomic E-state index is 12.4. The fourth-order valence-electron chi connectivity index (χ4n) is 3.29. The topological polar surface area (TPSA) is 86.3 Å². The van der Waals surface area contributed by atoms with Crippen LogP contribution in [0.4, 0.5) is 13.2 Å². The number of alkyl halides is 3. The zero-order valence-electron chi connectivity index (χ0n) is 15.5. The van der Waals surface area contributed by atoms with Crippen LogP contribution in [0, 0.1) is 0 Å². The Labute approximate surface area is 169 Å². The zero-order chi connectivity index (χ0) is 21.0. The summed E-state index contributed by atoms with van der Waals surface area (Å²) in [5.74, 6) is -0.771. The summed E-state index contributed by atoms with van der Waals surface area (Å²) in [6, 6.07) is 4.33. The molecule has 158 valence electrons. The van der Waals surface area contributed by atoms with Gasteiger partial charge < -0.3 is 14.2 Å². The first kappa shape index (κ1) is 21.2. The van der Waals surface area contributed by atoms with Crippen molar-refractivity contribution >= 4 is 17.6 Å². The SMILES string of the molecule is CCOC(=O)c1[nH]nnc1O[C@H]1CC[C@@H](c2ccc(OC(F)(F)F)c(Cl)c2)CC1. The highest BCUT2D eigenvalue weighted by Crippen LogP contribution is 2.38.